The van der Waals surface area contributed by atoms with Crippen molar-refractivity contribution in [2.75, 3.05) is 17.4 Å². The van der Waals surface area contributed by atoms with Crippen molar-refractivity contribution >= 4 is 27.5 Å². The SMILES string of the molecule is CCNC(=O)[C@@H](C)N(Cc1ccccc1C)C(=O)CN(c1ccc(F)cc1)S(=O)(=O)c1ccc(C)cc1. The summed E-state index contributed by atoms with van der Waals surface area (Å²) in [7, 11) is -4.19. The summed E-state index contributed by atoms with van der Waals surface area (Å²) in [5.41, 5.74) is 2.79. The predicted molar refractivity (Wildman–Crippen MR) is 142 cm³/mol. The molecular weight excluding hydrogens is 493 g/mol. The van der Waals surface area contributed by atoms with E-state index in [1.54, 1.807) is 26.0 Å². The Bertz CT molecular complexity index is 1340. The number of likely N-dealkylation sites (N-methyl/N-ethyl adjacent to an activating group) is 1. The van der Waals surface area contributed by atoms with Crippen LogP contribution < -0.4 is 9.62 Å². The standard InChI is InChI=1S/C28H32FN3O4S/c1-5-30-28(34)22(4)31(18-23-9-7-6-8-21(23)3)27(33)19-32(25-14-12-24(29)13-15-25)37(35,36)26-16-10-20(2)11-17-26/h6-17,22H,5,18-19H2,1-4H3,(H,30,34)/t22-/m1/s1. The van der Waals surface area contributed by atoms with E-state index in [4.69, 9.17) is 0 Å². The van der Waals surface area contributed by atoms with Gasteiger partial charge in [0, 0.05) is 13.1 Å². The van der Waals surface area contributed by atoms with Gasteiger partial charge in [-0.2, -0.15) is 0 Å². The molecule has 1 atom stereocenters. The Morgan fingerprint density at radius 1 is 0.946 bits per heavy atom. The summed E-state index contributed by atoms with van der Waals surface area (Å²) in [4.78, 5) is 27.9. The van der Waals surface area contributed by atoms with E-state index in [0.717, 1.165) is 33.1 Å². The van der Waals surface area contributed by atoms with E-state index >= 15 is 0 Å². The van der Waals surface area contributed by atoms with Crippen molar-refractivity contribution in [3.63, 3.8) is 0 Å². The first kappa shape index (κ1) is 27.9. The first-order chi connectivity index (χ1) is 17.5. The van der Waals surface area contributed by atoms with Crippen LogP contribution in [0.4, 0.5) is 10.1 Å². The van der Waals surface area contributed by atoms with Crippen molar-refractivity contribution in [1.29, 1.82) is 0 Å². The zero-order valence-electron chi connectivity index (χ0n) is 21.4. The van der Waals surface area contributed by atoms with Crippen LogP contribution in [0, 0.1) is 19.7 Å². The minimum Gasteiger partial charge on any atom is -0.355 e. The highest BCUT2D eigenvalue weighted by Gasteiger charge is 2.32. The number of amides is 2. The maximum atomic E-state index is 13.8. The van der Waals surface area contributed by atoms with E-state index in [9.17, 15) is 22.4 Å². The quantitative estimate of drug-likeness (QED) is 0.430. The normalized spacial score (nSPS) is 12.0. The van der Waals surface area contributed by atoms with Crippen molar-refractivity contribution < 1.29 is 22.4 Å². The number of sulfonamides is 1. The highest BCUT2D eigenvalue weighted by Crippen LogP contribution is 2.25. The monoisotopic (exact) mass is 525 g/mol. The second-order valence-electron chi connectivity index (χ2n) is 8.82. The lowest BCUT2D eigenvalue weighted by Gasteiger charge is -2.32. The van der Waals surface area contributed by atoms with Gasteiger partial charge in [-0.25, -0.2) is 12.8 Å². The molecule has 1 N–H and O–H groups in total. The van der Waals surface area contributed by atoms with Gasteiger partial charge < -0.3 is 10.2 Å². The fraction of sp³-hybridized carbons (Fsp3) is 0.286. The van der Waals surface area contributed by atoms with Gasteiger partial charge in [0.05, 0.1) is 10.6 Å². The number of rotatable bonds is 10. The van der Waals surface area contributed by atoms with Gasteiger partial charge in [0.2, 0.25) is 11.8 Å². The number of anilines is 1. The molecule has 7 nitrogen and oxygen atoms in total. The van der Waals surface area contributed by atoms with E-state index in [2.05, 4.69) is 5.32 Å². The Hall–Kier alpha value is -3.72. The topological polar surface area (TPSA) is 86.8 Å². The average Bonchev–Trinajstić information content (AvgIpc) is 2.87. The highest BCUT2D eigenvalue weighted by molar-refractivity contribution is 7.92. The number of hydrogen-bond donors (Lipinski definition) is 1. The number of hydrogen-bond acceptors (Lipinski definition) is 4. The zero-order chi connectivity index (χ0) is 27.2. The predicted octanol–water partition coefficient (Wildman–Crippen LogP) is 4.19. The number of carbonyl (C=O) groups is 2. The second kappa shape index (κ2) is 12.0. The van der Waals surface area contributed by atoms with Crippen molar-refractivity contribution in [3.8, 4) is 0 Å². The van der Waals surface area contributed by atoms with Crippen LogP contribution in [0.5, 0.6) is 0 Å². The van der Waals surface area contributed by atoms with Crippen LogP contribution in [-0.2, 0) is 26.2 Å². The summed E-state index contributed by atoms with van der Waals surface area (Å²) in [5.74, 6) is -1.45. The van der Waals surface area contributed by atoms with Crippen LogP contribution in [0.25, 0.3) is 0 Å². The van der Waals surface area contributed by atoms with Gasteiger partial charge in [-0.15, -0.1) is 0 Å². The molecule has 196 valence electrons. The Labute approximate surface area is 218 Å². The molecule has 3 rings (SSSR count). The molecule has 0 unspecified atom stereocenters. The molecule has 0 heterocycles. The molecule has 0 aliphatic heterocycles. The van der Waals surface area contributed by atoms with Crippen molar-refractivity contribution in [2.24, 2.45) is 0 Å². The molecule has 0 bridgehead atoms. The number of nitrogens with one attached hydrogen (secondary N) is 1. The van der Waals surface area contributed by atoms with Crippen LogP contribution in [0.1, 0.15) is 30.5 Å². The Morgan fingerprint density at radius 3 is 2.16 bits per heavy atom. The third-order valence-corrected chi connectivity index (χ3v) is 7.91. The minimum atomic E-state index is -4.19. The molecule has 0 saturated carbocycles. The van der Waals surface area contributed by atoms with Crippen LogP contribution >= 0.6 is 0 Å². The summed E-state index contributed by atoms with van der Waals surface area (Å²) in [6, 6.07) is 17.8. The van der Waals surface area contributed by atoms with Crippen LogP contribution in [0.2, 0.25) is 0 Å². The van der Waals surface area contributed by atoms with Gasteiger partial charge in [0.25, 0.3) is 10.0 Å². The number of halogens is 1. The molecule has 0 spiro atoms. The van der Waals surface area contributed by atoms with E-state index < -0.39 is 34.3 Å². The maximum absolute atomic E-state index is 13.8. The molecule has 0 aliphatic carbocycles. The molecule has 3 aromatic carbocycles. The molecular formula is C28H32FN3O4S. The van der Waals surface area contributed by atoms with Gasteiger partial charge in [0.15, 0.2) is 0 Å². The molecule has 0 saturated heterocycles. The van der Waals surface area contributed by atoms with E-state index in [0.29, 0.717) is 6.54 Å². The van der Waals surface area contributed by atoms with Crippen LogP contribution in [0.3, 0.4) is 0 Å². The molecule has 0 fully saturated rings. The van der Waals surface area contributed by atoms with E-state index in [1.807, 2.05) is 38.1 Å². The Balaban J connectivity index is 2.03. The number of aryl methyl sites for hydroxylation is 2. The Kier molecular flexibility index (Phi) is 9.04. The minimum absolute atomic E-state index is 0.00236. The first-order valence-electron chi connectivity index (χ1n) is 12.0. The van der Waals surface area contributed by atoms with Crippen LogP contribution in [0.15, 0.2) is 77.7 Å². The van der Waals surface area contributed by atoms with Gasteiger partial charge in [-0.05, 0) is 75.2 Å². The third kappa shape index (κ3) is 6.74. The number of nitrogens with zero attached hydrogens (tertiary/aromatic N) is 2. The largest absolute Gasteiger partial charge is 0.355 e. The van der Waals surface area contributed by atoms with Gasteiger partial charge in [0.1, 0.15) is 18.4 Å². The van der Waals surface area contributed by atoms with Crippen LogP contribution in [-0.4, -0.2) is 44.3 Å². The summed E-state index contributed by atoms with van der Waals surface area (Å²) < 4.78 is 42.0. The number of carbonyl (C=O) groups excluding carboxylic acids is 2. The smallest absolute Gasteiger partial charge is 0.264 e. The van der Waals surface area contributed by atoms with Crippen molar-refractivity contribution in [3.05, 3.63) is 95.3 Å². The summed E-state index contributed by atoms with van der Waals surface area (Å²) in [6.45, 7) is 7.06. The van der Waals surface area contributed by atoms with Gasteiger partial charge in [-0.3, -0.25) is 13.9 Å². The average molecular weight is 526 g/mol. The third-order valence-electron chi connectivity index (χ3n) is 6.12. The highest BCUT2D eigenvalue weighted by atomic mass is 32.2. The molecule has 3 aromatic rings. The molecule has 2 amide bonds. The molecule has 9 heteroatoms. The fourth-order valence-electron chi connectivity index (χ4n) is 3.85. The van der Waals surface area contributed by atoms with E-state index in [1.165, 1.54) is 29.2 Å². The van der Waals surface area contributed by atoms with Crippen molar-refractivity contribution in [2.45, 2.75) is 45.2 Å². The lowest BCUT2D eigenvalue weighted by molar-refractivity contribution is -0.139. The fourth-order valence-corrected chi connectivity index (χ4v) is 5.26. The lowest BCUT2D eigenvalue weighted by Crippen LogP contribution is -2.51. The zero-order valence-corrected chi connectivity index (χ0v) is 22.3. The molecule has 37 heavy (non-hydrogen) atoms. The first-order valence-corrected chi connectivity index (χ1v) is 13.4. The molecule has 0 aromatic heterocycles. The summed E-state index contributed by atoms with van der Waals surface area (Å²) in [6.07, 6.45) is 0. The Morgan fingerprint density at radius 2 is 1.57 bits per heavy atom. The summed E-state index contributed by atoms with van der Waals surface area (Å²) in [5, 5.41) is 2.73. The second-order valence-corrected chi connectivity index (χ2v) is 10.7. The maximum Gasteiger partial charge on any atom is 0.264 e. The summed E-state index contributed by atoms with van der Waals surface area (Å²) >= 11 is 0. The molecule has 0 radical (unpaired) electrons. The van der Waals surface area contributed by atoms with Gasteiger partial charge in [-0.1, -0.05) is 42.0 Å². The van der Waals surface area contributed by atoms with Gasteiger partial charge >= 0.3 is 0 Å². The number of benzene rings is 3. The van der Waals surface area contributed by atoms with Crippen molar-refractivity contribution in [1.82, 2.24) is 10.2 Å². The molecule has 0 aliphatic rings. The lowest BCUT2D eigenvalue weighted by atomic mass is 10.1. The van der Waals surface area contributed by atoms with E-state index in [-0.39, 0.29) is 23.0 Å².